The number of nitrogens with zero attached hydrogens (tertiary/aromatic N) is 2. The zero-order chi connectivity index (χ0) is 23.3. The van der Waals surface area contributed by atoms with Gasteiger partial charge in [-0.25, -0.2) is 9.59 Å². The zero-order valence-corrected chi connectivity index (χ0v) is 20.2. The molecule has 0 aromatic heterocycles. The Kier molecular flexibility index (Phi) is 9.42. The Hall–Kier alpha value is -1.54. The van der Waals surface area contributed by atoms with E-state index in [-0.39, 0.29) is 36.4 Å². The molecule has 0 bridgehead atoms. The molecule has 2 aliphatic rings. The van der Waals surface area contributed by atoms with Crippen LogP contribution < -0.4 is 11.5 Å². The van der Waals surface area contributed by atoms with Gasteiger partial charge in [0.2, 0.25) is 0 Å². The van der Waals surface area contributed by atoms with Crippen molar-refractivity contribution in [3.8, 4) is 0 Å². The van der Waals surface area contributed by atoms with Gasteiger partial charge in [0.1, 0.15) is 11.2 Å². The van der Waals surface area contributed by atoms with Crippen LogP contribution in [0.15, 0.2) is 0 Å². The van der Waals surface area contributed by atoms with Crippen LogP contribution in [0.4, 0.5) is 9.59 Å². The monoisotopic (exact) mass is 428 g/mol. The van der Waals surface area contributed by atoms with Crippen LogP contribution in [0.3, 0.4) is 0 Å². The van der Waals surface area contributed by atoms with Crippen LogP contribution >= 0.6 is 0 Å². The third-order valence-corrected chi connectivity index (χ3v) is 5.09. The van der Waals surface area contributed by atoms with Gasteiger partial charge in [0.25, 0.3) is 0 Å². The SMILES string of the molecule is C[C@@H]1C[C@H](N)CCN1C(=O)OC(C)(C)C.C[C@H]1C[C@@H](N)CCN1C(=O)OC(C)(C)C. The van der Waals surface area contributed by atoms with Crippen molar-refractivity contribution in [3.63, 3.8) is 0 Å². The average molecular weight is 429 g/mol. The number of amides is 2. The molecule has 0 aliphatic carbocycles. The van der Waals surface area contributed by atoms with Crippen LogP contribution in [0.1, 0.15) is 81.1 Å². The third-order valence-electron chi connectivity index (χ3n) is 5.09. The summed E-state index contributed by atoms with van der Waals surface area (Å²) in [5, 5.41) is 0. The van der Waals surface area contributed by atoms with Crippen molar-refractivity contribution >= 4 is 12.2 Å². The molecule has 2 saturated heterocycles. The van der Waals surface area contributed by atoms with Crippen molar-refractivity contribution in [3.05, 3.63) is 0 Å². The van der Waals surface area contributed by atoms with Gasteiger partial charge in [-0.1, -0.05) is 0 Å². The molecule has 30 heavy (non-hydrogen) atoms. The Morgan fingerprint density at radius 1 is 0.733 bits per heavy atom. The topological polar surface area (TPSA) is 111 Å². The zero-order valence-electron chi connectivity index (χ0n) is 20.2. The van der Waals surface area contributed by atoms with E-state index in [0.717, 1.165) is 25.7 Å². The highest BCUT2D eigenvalue weighted by Gasteiger charge is 2.31. The van der Waals surface area contributed by atoms with Gasteiger partial charge in [-0.3, -0.25) is 0 Å². The molecule has 176 valence electrons. The van der Waals surface area contributed by atoms with Gasteiger partial charge in [-0.15, -0.1) is 0 Å². The van der Waals surface area contributed by atoms with E-state index in [1.54, 1.807) is 9.80 Å². The van der Waals surface area contributed by atoms with Gasteiger partial charge < -0.3 is 30.7 Å². The van der Waals surface area contributed by atoms with Crippen molar-refractivity contribution in [2.24, 2.45) is 11.5 Å². The van der Waals surface area contributed by atoms with Crippen LogP contribution in [0, 0.1) is 0 Å². The summed E-state index contributed by atoms with van der Waals surface area (Å²) in [6, 6.07) is 0.810. The molecule has 2 heterocycles. The molecular formula is C22H44N4O4. The van der Waals surface area contributed by atoms with Gasteiger partial charge in [0.15, 0.2) is 0 Å². The second kappa shape index (κ2) is 10.7. The number of piperidine rings is 2. The Morgan fingerprint density at radius 3 is 1.27 bits per heavy atom. The molecule has 0 aromatic carbocycles. The molecule has 8 nitrogen and oxygen atoms in total. The van der Waals surface area contributed by atoms with Gasteiger partial charge >= 0.3 is 12.2 Å². The number of carbonyl (C=O) groups is 2. The van der Waals surface area contributed by atoms with Crippen LogP contribution in [-0.4, -0.2) is 70.4 Å². The molecule has 0 radical (unpaired) electrons. The van der Waals surface area contributed by atoms with Gasteiger partial charge in [-0.2, -0.15) is 0 Å². The number of carbonyl (C=O) groups excluding carboxylic acids is 2. The van der Waals surface area contributed by atoms with Crippen LogP contribution in [0.25, 0.3) is 0 Å². The largest absolute Gasteiger partial charge is 0.444 e. The van der Waals surface area contributed by atoms with Crippen molar-refractivity contribution < 1.29 is 19.1 Å². The summed E-state index contributed by atoms with van der Waals surface area (Å²) in [6.45, 7) is 16.7. The first-order valence-corrected chi connectivity index (χ1v) is 11.1. The molecule has 2 aliphatic heterocycles. The quantitative estimate of drug-likeness (QED) is 0.611. The van der Waals surface area contributed by atoms with E-state index in [4.69, 9.17) is 20.9 Å². The summed E-state index contributed by atoms with van der Waals surface area (Å²) < 4.78 is 10.7. The summed E-state index contributed by atoms with van der Waals surface area (Å²) in [5.74, 6) is 0. The van der Waals surface area contributed by atoms with Crippen molar-refractivity contribution in [2.45, 2.75) is 116 Å². The van der Waals surface area contributed by atoms with E-state index in [9.17, 15) is 9.59 Å². The predicted molar refractivity (Wildman–Crippen MR) is 119 cm³/mol. The summed E-state index contributed by atoms with van der Waals surface area (Å²) >= 11 is 0. The smallest absolute Gasteiger partial charge is 0.410 e. The van der Waals surface area contributed by atoms with Crippen LogP contribution in [0.5, 0.6) is 0 Å². The van der Waals surface area contributed by atoms with E-state index >= 15 is 0 Å². The minimum atomic E-state index is -0.420. The first-order valence-electron chi connectivity index (χ1n) is 11.1. The molecule has 0 saturated carbocycles. The Labute approximate surface area is 182 Å². The maximum atomic E-state index is 11.8. The fourth-order valence-electron chi connectivity index (χ4n) is 3.60. The molecule has 0 aromatic rings. The lowest BCUT2D eigenvalue weighted by Crippen LogP contribution is -2.49. The van der Waals surface area contributed by atoms with Crippen LogP contribution in [-0.2, 0) is 9.47 Å². The Morgan fingerprint density at radius 2 is 1.03 bits per heavy atom. The highest BCUT2D eigenvalue weighted by atomic mass is 16.6. The van der Waals surface area contributed by atoms with E-state index in [1.165, 1.54) is 0 Å². The number of hydrogen-bond acceptors (Lipinski definition) is 6. The third kappa shape index (κ3) is 9.51. The minimum absolute atomic E-state index is 0.184. The summed E-state index contributed by atoms with van der Waals surface area (Å²) in [6.07, 6.45) is 3.01. The van der Waals surface area contributed by atoms with E-state index in [2.05, 4.69) is 0 Å². The Bertz CT molecular complexity index is 520. The number of rotatable bonds is 0. The molecular weight excluding hydrogens is 384 g/mol. The summed E-state index contributed by atoms with van der Waals surface area (Å²) in [4.78, 5) is 27.1. The second-order valence-electron chi connectivity index (χ2n) is 10.6. The lowest BCUT2D eigenvalue weighted by Gasteiger charge is -2.37. The fourth-order valence-corrected chi connectivity index (χ4v) is 3.60. The van der Waals surface area contributed by atoms with Crippen molar-refractivity contribution in [1.82, 2.24) is 9.80 Å². The van der Waals surface area contributed by atoms with E-state index < -0.39 is 11.2 Å². The van der Waals surface area contributed by atoms with Crippen LogP contribution in [0.2, 0.25) is 0 Å². The Balaban J connectivity index is 0.000000300. The molecule has 2 fully saturated rings. The molecule has 0 spiro atoms. The number of ether oxygens (including phenoxy) is 2. The maximum Gasteiger partial charge on any atom is 0.410 e. The number of likely N-dealkylation sites (tertiary alicyclic amines) is 2. The predicted octanol–water partition coefficient (Wildman–Crippen LogP) is 3.47. The van der Waals surface area contributed by atoms with E-state index in [0.29, 0.717) is 13.1 Å². The highest BCUT2D eigenvalue weighted by molar-refractivity contribution is 5.69. The fraction of sp³-hybridized carbons (Fsp3) is 0.909. The molecule has 4 N–H and O–H groups in total. The number of hydrogen-bond donors (Lipinski definition) is 2. The standard InChI is InChI=1S/2C11H22N2O2/c2*1-8-7-9(12)5-6-13(8)10(14)15-11(2,3)4/h2*8-9H,5-7,12H2,1-4H3/t2*8-,9-/m10/s1. The van der Waals surface area contributed by atoms with E-state index in [1.807, 2.05) is 55.4 Å². The molecule has 2 rings (SSSR count). The molecule has 2 amide bonds. The first-order chi connectivity index (χ1) is 13.6. The molecule has 0 unspecified atom stereocenters. The van der Waals surface area contributed by atoms with Gasteiger partial charge in [0, 0.05) is 37.3 Å². The molecule has 4 atom stereocenters. The lowest BCUT2D eigenvalue weighted by atomic mass is 10.00. The van der Waals surface area contributed by atoms with Crippen molar-refractivity contribution in [2.75, 3.05) is 13.1 Å². The lowest BCUT2D eigenvalue weighted by molar-refractivity contribution is 0.00950. The van der Waals surface area contributed by atoms with Crippen molar-refractivity contribution in [1.29, 1.82) is 0 Å². The average Bonchev–Trinajstić information content (AvgIpc) is 2.51. The normalized spacial score (nSPS) is 27.7. The highest BCUT2D eigenvalue weighted by Crippen LogP contribution is 2.20. The molecule has 8 heteroatoms. The maximum absolute atomic E-state index is 11.8. The minimum Gasteiger partial charge on any atom is -0.444 e. The number of nitrogens with two attached hydrogens (primary N) is 2. The van der Waals surface area contributed by atoms with Gasteiger partial charge in [0.05, 0.1) is 0 Å². The van der Waals surface area contributed by atoms with Gasteiger partial charge in [-0.05, 0) is 81.1 Å². The second-order valence-corrected chi connectivity index (χ2v) is 10.6. The summed E-state index contributed by atoms with van der Waals surface area (Å²) in [5.41, 5.74) is 10.8. The summed E-state index contributed by atoms with van der Waals surface area (Å²) in [7, 11) is 0. The first kappa shape index (κ1) is 26.5.